The number of hydrogen-bond acceptors (Lipinski definition) is 1. The maximum absolute atomic E-state index is 4.00. The van der Waals surface area contributed by atoms with Gasteiger partial charge in [-0.2, -0.15) is 11.8 Å². The van der Waals surface area contributed by atoms with Crippen molar-refractivity contribution in [2.75, 3.05) is 11.5 Å². The van der Waals surface area contributed by atoms with E-state index in [0.29, 0.717) is 0 Å². The Bertz CT molecular complexity index is 86.7. The van der Waals surface area contributed by atoms with Gasteiger partial charge < -0.3 is 0 Å². The summed E-state index contributed by atoms with van der Waals surface area (Å²) in [6.45, 7) is 4.00. The van der Waals surface area contributed by atoms with Crippen molar-refractivity contribution in [2.45, 2.75) is 25.7 Å². The largest absolute Gasteiger partial charge is 0.158 e. The Balaban J connectivity index is 2.20. The molecule has 52 valence electrons. The summed E-state index contributed by atoms with van der Waals surface area (Å²) in [5.74, 6) is 2.55. The van der Waals surface area contributed by atoms with Crippen molar-refractivity contribution in [3.63, 3.8) is 0 Å². The fraction of sp³-hybridized carbons (Fsp3) is 0.750. The molecule has 0 N–H and O–H groups in total. The summed E-state index contributed by atoms with van der Waals surface area (Å²) < 4.78 is 0. The molecule has 0 saturated carbocycles. The van der Waals surface area contributed by atoms with Gasteiger partial charge in [0.05, 0.1) is 0 Å². The fourth-order valence-corrected chi connectivity index (χ4v) is 2.03. The van der Waals surface area contributed by atoms with Crippen LogP contribution in [0.2, 0.25) is 0 Å². The molecular weight excluding hydrogens is 128 g/mol. The summed E-state index contributed by atoms with van der Waals surface area (Å²) in [4.78, 5) is 0. The second kappa shape index (κ2) is 3.99. The van der Waals surface area contributed by atoms with Gasteiger partial charge in [-0.3, -0.25) is 0 Å². The maximum Gasteiger partial charge on any atom is 0.0140 e. The van der Waals surface area contributed by atoms with E-state index < -0.39 is 0 Å². The number of hydrogen-bond donors (Lipinski definition) is 0. The minimum atomic E-state index is 1.21. The van der Waals surface area contributed by atoms with Gasteiger partial charge in [-0.25, -0.2) is 0 Å². The third kappa shape index (κ3) is 2.95. The van der Waals surface area contributed by atoms with E-state index in [0.717, 1.165) is 0 Å². The van der Waals surface area contributed by atoms with E-state index >= 15 is 0 Å². The molecule has 1 aliphatic rings. The monoisotopic (exact) mass is 142 g/mol. The van der Waals surface area contributed by atoms with E-state index in [9.17, 15) is 0 Å². The molecule has 0 aromatic heterocycles. The van der Waals surface area contributed by atoms with Gasteiger partial charge in [-0.1, -0.05) is 18.6 Å². The molecule has 1 heterocycles. The van der Waals surface area contributed by atoms with Gasteiger partial charge in [0.1, 0.15) is 0 Å². The van der Waals surface area contributed by atoms with Crippen LogP contribution in [0.15, 0.2) is 12.2 Å². The maximum atomic E-state index is 4.00. The normalized spacial score (nSPS) is 22.9. The highest BCUT2D eigenvalue weighted by Crippen LogP contribution is 2.18. The Morgan fingerprint density at radius 2 is 2.11 bits per heavy atom. The van der Waals surface area contributed by atoms with Crippen LogP contribution in [0.1, 0.15) is 25.7 Å². The Labute approximate surface area is 61.7 Å². The van der Waals surface area contributed by atoms with Crippen LogP contribution in [0, 0.1) is 0 Å². The third-order valence-electron chi connectivity index (χ3n) is 1.63. The summed E-state index contributed by atoms with van der Waals surface area (Å²) in [5.41, 5.74) is 1.44. The predicted molar refractivity (Wildman–Crippen MR) is 44.9 cm³/mol. The van der Waals surface area contributed by atoms with Crippen molar-refractivity contribution in [1.29, 1.82) is 0 Å². The van der Waals surface area contributed by atoms with Crippen LogP contribution >= 0.6 is 11.8 Å². The minimum Gasteiger partial charge on any atom is -0.158 e. The lowest BCUT2D eigenvalue weighted by Gasteiger charge is -2.09. The lowest BCUT2D eigenvalue weighted by atomic mass is 10.1. The zero-order valence-electron chi connectivity index (χ0n) is 5.86. The number of thioether (sulfide) groups is 1. The topological polar surface area (TPSA) is 0 Å². The second-order valence-corrected chi connectivity index (χ2v) is 3.72. The molecule has 1 rings (SSSR count). The van der Waals surface area contributed by atoms with E-state index in [2.05, 4.69) is 6.58 Å². The molecule has 0 nitrogen and oxygen atoms in total. The molecule has 1 heteroatoms. The first kappa shape index (κ1) is 7.20. The smallest absolute Gasteiger partial charge is 0.0140 e. The zero-order chi connectivity index (χ0) is 6.53. The molecule has 0 spiro atoms. The van der Waals surface area contributed by atoms with Crippen LogP contribution in [-0.2, 0) is 0 Å². The van der Waals surface area contributed by atoms with Crippen molar-refractivity contribution in [3.8, 4) is 0 Å². The van der Waals surface area contributed by atoms with Crippen LogP contribution in [-0.4, -0.2) is 11.5 Å². The van der Waals surface area contributed by atoms with Crippen LogP contribution in [0.25, 0.3) is 0 Å². The molecular formula is C8H14S. The predicted octanol–water partition coefficient (Wildman–Crippen LogP) is 2.85. The molecule has 0 amide bonds. The Morgan fingerprint density at radius 3 is 3.00 bits per heavy atom. The molecule has 0 unspecified atom stereocenters. The molecule has 0 aromatic carbocycles. The molecule has 1 aliphatic heterocycles. The van der Waals surface area contributed by atoms with Crippen molar-refractivity contribution in [3.05, 3.63) is 12.2 Å². The lowest BCUT2D eigenvalue weighted by molar-refractivity contribution is 0.714. The summed E-state index contributed by atoms with van der Waals surface area (Å²) in [5, 5.41) is 0. The third-order valence-corrected chi connectivity index (χ3v) is 2.81. The SMILES string of the molecule is C=C1CCCCCSC1. The van der Waals surface area contributed by atoms with Crippen molar-refractivity contribution in [1.82, 2.24) is 0 Å². The van der Waals surface area contributed by atoms with E-state index in [-0.39, 0.29) is 0 Å². The summed E-state index contributed by atoms with van der Waals surface area (Å²) in [7, 11) is 0. The van der Waals surface area contributed by atoms with Crippen LogP contribution in [0.4, 0.5) is 0 Å². The van der Waals surface area contributed by atoms with Gasteiger partial charge in [0.2, 0.25) is 0 Å². The molecule has 0 aliphatic carbocycles. The number of rotatable bonds is 0. The van der Waals surface area contributed by atoms with Crippen molar-refractivity contribution in [2.24, 2.45) is 0 Å². The summed E-state index contributed by atoms with van der Waals surface area (Å²) in [6.07, 6.45) is 5.47. The van der Waals surface area contributed by atoms with Gasteiger partial charge in [0, 0.05) is 5.75 Å². The van der Waals surface area contributed by atoms with E-state index in [1.807, 2.05) is 11.8 Å². The lowest BCUT2D eigenvalue weighted by Crippen LogP contribution is -1.93. The highest BCUT2D eigenvalue weighted by Gasteiger charge is 1.99. The fourth-order valence-electron chi connectivity index (χ4n) is 1.04. The standard InChI is InChI=1S/C8H14S/c1-8-5-3-2-4-6-9-7-8/h1-7H2. The first-order valence-electron chi connectivity index (χ1n) is 3.64. The summed E-state index contributed by atoms with van der Waals surface area (Å²) >= 11 is 2.04. The molecule has 0 atom stereocenters. The van der Waals surface area contributed by atoms with Gasteiger partial charge >= 0.3 is 0 Å². The Morgan fingerprint density at radius 1 is 1.22 bits per heavy atom. The molecule has 0 bridgehead atoms. The first-order chi connectivity index (χ1) is 4.39. The van der Waals surface area contributed by atoms with E-state index in [1.54, 1.807) is 0 Å². The average molecular weight is 142 g/mol. The second-order valence-electron chi connectivity index (χ2n) is 2.61. The Hall–Kier alpha value is 0.0900. The van der Waals surface area contributed by atoms with Gasteiger partial charge in [-0.05, 0) is 25.0 Å². The van der Waals surface area contributed by atoms with Gasteiger partial charge in [0.15, 0.2) is 0 Å². The minimum absolute atomic E-state index is 1.21. The summed E-state index contributed by atoms with van der Waals surface area (Å²) in [6, 6.07) is 0. The molecule has 1 fully saturated rings. The highest BCUT2D eigenvalue weighted by molar-refractivity contribution is 7.99. The quantitative estimate of drug-likeness (QED) is 0.469. The van der Waals surface area contributed by atoms with Crippen molar-refractivity contribution < 1.29 is 0 Å². The van der Waals surface area contributed by atoms with E-state index in [1.165, 1.54) is 42.8 Å². The van der Waals surface area contributed by atoms with Crippen LogP contribution < -0.4 is 0 Å². The Kier molecular flexibility index (Phi) is 3.20. The molecule has 9 heavy (non-hydrogen) atoms. The van der Waals surface area contributed by atoms with Crippen LogP contribution in [0.5, 0.6) is 0 Å². The molecule has 0 radical (unpaired) electrons. The van der Waals surface area contributed by atoms with Gasteiger partial charge in [0.25, 0.3) is 0 Å². The van der Waals surface area contributed by atoms with Gasteiger partial charge in [-0.15, -0.1) is 0 Å². The van der Waals surface area contributed by atoms with E-state index in [4.69, 9.17) is 0 Å². The average Bonchev–Trinajstić information content (AvgIpc) is 1.79. The molecule has 1 saturated heterocycles. The molecule has 0 aromatic rings. The van der Waals surface area contributed by atoms with Crippen LogP contribution in [0.3, 0.4) is 0 Å². The highest BCUT2D eigenvalue weighted by atomic mass is 32.2. The zero-order valence-corrected chi connectivity index (χ0v) is 6.67. The first-order valence-corrected chi connectivity index (χ1v) is 4.79. The van der Waals surface area contributed by atoms with Crippen molar-refractivity contribution >= 4 is 11.8 Å².